The summed E-state index contributed by atoms with van der Waals surface area (Å²) in [6.07, 6.45) is 0. The third kappa shape index (κ3) is 3.17. The molecule has 0 unspecified atom stereocenters. The first-order valence-electron chi connectivity index (χ1n) is 5.68. The van der Waals surface area contributed by atoms with Crippen molar-refractivity contribution in [2.45, 2.75) is 0 Å². The SMILES string of the molecule is CNc1ccc(O)cc1C(=O)Nc1ccc(Cl)cc1. The predicted molar refractivity (Wildman–Crippen MR) is 77.1 cm³/mol. The second-order valence-corrected chi connectivity index (χ2v) is 4.38. The average molecular weight is 277 g/mol. The molecule has 0 aromatic heterocycles. The molecule has 0 saturated heterocycles. The van der Waals surface area contributed by atoms with E-state index in [1.807, 2.05) is 0 Å². The molecule has 98 valence electrons. The van der Waals surface area contributed by atoms with Gasteiger partial charge in [0.05, 0.1) is 5.56 Å². The van der Waals surface area contributed by atoms with Gasteiger partial charge in [-0.1, -0.05) is 11.6 Å². The van der Waals surface area contributed by atoms with Crippen LogP contribution in [0.1, 0.15) is 10.4 Å². The van der Waals surface area contributed by atoms with E-state index in [4.69, 9.17) is 11.6 Å². The van der Waals surface area contributed by atoms with Crippen LogP contribution in [0.15, 0.2) is 42.5 Å². The Labute approximate surface area is 116 Å². The minimum Gasteiger partial charge on any atom is -0.508 e. The van der Waals surface area contributed by atoms with Crippen molar-refractivity contribution >= 4 is 28.9 Å². The van der Waals surface area contributed by atoms with Gasteiger partial charge in [-0.2, -0.15) is 0 Å². The number of aromatic hydroxyl groups is 1. The number of carbonyl (C=O) groups is 1. The van der Waals surface area contributed by atoms with E-state index in [1.165, 1.54) is 12.1 Å². The molecule has 0 saturated carbocycles. The van der Waals surface area contributed by atoms with Crippen LogP contribution < -0.4 is 10.6 Å². The van der Waals surface area contributed by atoms with Crippen LogP contribution in [0.5, 0.6) is 5.75 Å². The molecule has 0 radical (unpaired) electrons. The number of rotatable bonds is 3. The normalized spacial score (nSPS) is 10.0. The number of phenols is 1. The quantitative estimate of drug-likeness (QED) is 0.754. The fourth-order valence-electron chi connectivity index (χ4n) is 1.67. The topological polar surface area (TPSA) is 61.4 Å². The van der Waals surface area contributed by atoms with E-state index in [-0.39, 0.29) is 11.7 Å². The molecule has 19 heavy (non-hydrogen) atoms. The lowest BCUT2D eigenvalue weighted by molar-refractivity contribution is 0.102. The highest BCUT2D eigenvalue weighted by Gasteiger charge is 2.11. The summed E-state index contributed by atoms with van der Waals surface area (Å²) in [4.78, 5) is 12.1. The zero-order valence-electron chi connectivity index (χ0n) is 10.3. The van der Waals surface area contributed by atoms with E-state index in [0.717, 1.165) is 0 Å². The van der Waals surface area contributed by atoms with Gasteiger partial charge in [-0.3, -0.25) is 4.79 Å². The summed E-state index contributed by atoms with van der Waals surface area (Å²) in [5.41, 5.74) is 1.65. The molecule has 2 aromatic rings. The van der Waals surface area contributed by atoms with Crippen LogP contribution >= 0.6 is 11.6 Å². The number of anilines is 2. The number of benzene rings is 2. The van der Waals surface area contributed by atoms with Crippen molar-refractivity contribution in [1.29, 1.82) is 0 Å². The van der Waals surface area contributed by atoms with E-state index < -0.39 is 0 Å². The Morgan fingerprint density at radius 1 is 1.16 bits per heavy atom. The minimum atomic E-state index is -0.303. The summed E-state index contributed by atoms with van der Waals surface area (Å²) >= 11 is 5.78. The molecule has 2 aromatic carbocycles. The van der Waals surface area contributed by atoms with Gasteiger partial charge in [-0.15, -0.1) is 0 Å². The molecule has 5 heteroatoms. The second-order valence-electron chi connectivity index (χ2n) is 3.94. The van der Waals surface area contributed by atoms with E-state index >= 15 is 0 Å². The number of hydrogen-bond donors (Lipinski definition) is 3. The van der Waals surface area contributed by atoms with Gasteiger partial charge in [0.1, 0.15) is 5.75 Å². The van der Waals surface area contributed by atoms with Crippen molar-refractivity contribution in [2.24, 2.45) is 0 Å². The first-order valence-corrected chi connectivity index (χ1v) is 6.05. The van der Waals surface area contributed by atoms with Crippen molar-refractivity contribution in [2.75, 3.05) is 17.7 Å². The van der Waals surface area contributed by atoms with Gasteiger partial charge in [0, 0.05) is 23.4 Å². The molecule has 3 N–H and O–H groups in total. The Morgan fingerprint density at radius 3 is 2.47 bits per heavy atom. The van der Waals surface area contributed by atoms with E-state index in [0.29, 0.717) is 22.0 Å². The fraction of sp³-hybridized carbons (Fsp3) is 0.0714. The first kappa shape index (κ1) is 13.2. The second kappa shape index (κ2) is 5.63. The third-order valence-electron chi connectivity index (χ3n) is 2.62. The molecule has 0 aliphatic heterocycles. The third-order valence-corrected chi connectivity index (χ3v) is 2.87. The molecule has 0 aliphatic rings. The zero-order chi connectivity index (χ0) is 13.8. The summed E-state index contributed by atoms with van der Waals surface area (Å²) < 4.78 is 0. The number of phenolic OH excluding ortho intramolecular Hbond substituents is 1. The van der Waals surface area contributed by atoms with Gasteiger partial charge in [0.15, 0.2) is 0 Å². The molecule has 4 nitrogen and oxygen atoms in total. The molecule has 0 atom stereocenters. The molecule has 1 amide bonds. The highest BCUT2D eigenvalue weighted by molar-refractivity contribution is 6.30. The minimum absolute atomic E-state index is 0.0419. The van der Waals surface area contributed by atoms with Crippen molar-refractivity contribution in [3.63, 3.8) is 0 Å². The summed E-state index contributed by atoms with van der Waals surface area (Å²) in [6.45, 7) is 0. The maximum Gasteiger partial charge on any atom is 0.257 e. The monoisotopic (exact) mass is 276 g/mol. The van der Waals surface area contributed by atoms with Gasteiger partial charge in [0.2, 0.25) is 0 Å². The van der Waals surface area contributed by atoms with Crippen molar-refractivity contribution < 1.29 is 9.90 Å². The standard InChI is InChI=1S/C14H13ClN2O2/c1-16-13-7-6-11(18)8-12(13)14(19)17-10-4-2-9(15)3-5-10/h2-8,16,18H,1H3,(H,17,19). The molecule has 2 rings (SSSR count). The van der Waals surface area contributed by atoms with E-state index in [9.17, 15) is 9.90 Å². The molecular weight excluding hydrogens is 264 g/mol. The summed E-state index contributed by atoms with van der Waals surface area (Å²) in [6, 6.07) is 11.4. The smallest absolute Gasteiger partial charge is 0.257 e. The van der Waals surface area contributed by atoms with Gasteiger partial charge in [-0.05, 0) is 42.5 Å². The van der Waals surface area contributed by atoms with Crippen LogP contribution in [0, 0.1) is 0 Å². The van der Waals surface area contributed by atoms with Gasteiger partial charge >= 0.3 is 0 Å². The number of carbonyl (C=O) groups excluding carboxylic acids is 1. The molecule has 0 aliphatic carbocycles. The molecule has 0 bridgehead atoms. The Morgan fingerprint density at radius 2 is 1.84 bits per heavy atom. The number of halogens is 1. The average Bonchev–Trinajstić information content (AvgIpc) is 2.41. The molecule has 0 fully saturated rings. The fourth-order valence-corrected chi connectivity index (χ4v) is 1.80. The molecule has 0 heterocycles. The Balaban J connectivity index is 2.24. The molecular formula is C14H13ClN2O2. The summed E-state index contributed by atoms with van der Waals surface area (Å²) in [7, 11) is 1.71. The largest absolute Gasteiger partial charge is 0.508 e. The van der Waals surface area contributed by atoms with Crippen LogP contribution in [0.25, 0.3) is 0 Å². The maximum atomic E-state index is 12.1. The van der Waals surface area contributed by atoms with E-state index in [2.05, 4.69) is 10.6 Å². The summed E-state index contributed by atoms with van der Waals surface area (Å²) in [5.74, 6) is -0.261. The Hall–Kier alpha value is -2.20. The van der Waals surface area contributed by atoms with Crippen molar-refractivity contribution in [1.82, 2.24) is 0 Å². The zero-order valence-corrected chi connectivity index (χ0v) is 11.0. The lowest BCUT2D eigenvalue weighted by atomic mass is 10.1. The number of hydrogen-bond acceptors (Lipinski definition) is 3. The molecule has 0 spiro atoms. The highest BCUT2D eigenvalue weighted by Crippen LogP contribution is 2.22. The number of nitrogens with one attached hydrogen (secondary N) is 2. The lowest BCUT2D eigenvalue weighted by Gasteiger charge is -2.10. The highest BCUT2D eigenvalue weighted by atomic mass is 35.5. The first-order chi connectivity index (χ1) is 9.10. The van der Waals surface area contributed by atoms with Crippen LogP contribution in [-0.4, -0.2) is 18.1 Å². The van der Waals surface area contributed by atoms with Crippen LogP contribution in [0.3, 0.4) is 0 Å². The van der Waals surface area contributed by atoms with E-state index in [1.54, 1.807) is 37.4 Å². The van der Waals surface area contributed by atoms with Crippen molar-refractivity contribution in [3.8, 4) is 5.75 Å². The van der Waals surface area contributed by atoms with Crippen LogP contribution in [0.4, 0.5) is 11.4 Å². The Bertz CT molecular complexity index is 597. The number of amides is 1. The van der Waals surface area contributed by atoms with Crippen LogP contribution in [0.2, 0.25) is 5.02 Å². The van der Waals surface area contributed by atoms with Gasteiger partial charge in [0.25, 0.3) is 5.91 Å². The Kier molecular flexibility index (Phi) is 3.92. The maximum absolute atomic E-state index is 12.1. The lowest BCUT2D eigenvalue weighted by Crippen LogP contribution is -2.13. The van der Waals surface area contributed by atoms with Crippen LogP contribution in [-0.2, 0) is 0 Å². The van der Waals surface area contributed by atoms with Gasteiger partial charge < -0.3 is 15.7 Å². The predicted octanol–water partition coefficient (Wildman–Crippen LogP) is 3.34. The van der Waals surface area contributed by atoms with Gasteiger partial charge in [-0.25, -0.2) is 0 Å². The summed E-state index contributed by atoms with van der Waals surface area (Å²) in [5, 5.41) is 15.7. The van der Waals surface area contributed by atoms with Crippen molar-refractivity contribution in [3.05, 3.63) is 53.1 Å².